The number of carbonyl (C=O) groups excluding carboxylic acids is 2. The highest BCUT2D eigenvalue weighted by Gasteiger charge is 2.43. The minimum atomic E-state index is -0.475. The Hall–Kier alpha value is -4.66. The fraction of sp³-hybridized carbons (Fsp3) is 0.381. The van der Waals surface area contributed by atoms with Crippen LogP contribution in [0.3, 0.4) is 0 Å². The number of ether oxygens (including phenoxy) is 3. The zero-order chi connectivity index (χ0) is 34.5. The van der Waals surface area contributed by atoms with Crippen LogP contribution in [0.2, 0.25) is 0 Å². The minimum absolute atomic E-state index is 0.0162. The van der Waals surface area contributed by atoms with E-state index in [4.69, 9.17) is 14.2 Å². The molecule has 2 aliphatic heterocycles. The van der Waals surface area contributed by atoms with Crippen LogP contribution in [-0.4, -0.2) is 69.4 Å². The predicted octanol–water partition coefficient (Wildman–Crippen LogP) is 7.26. The van der Waals surface area contributed by atoms with E-state index in [-0.39, 0.29) is 36.5 Å². The Kier molecular flexibility index (Phi) is 10.2. The molecular formula is C42H47N3O5. The molecule has 0 spiro atoms. The van der Waals surface area contributed by atoms with E-state index in [0.29, 0.717) is 32.7 Å². The largest absolute Gasteiger partial charge is 0.457 e. The number of nitrogens with zero attached hydrogens (tertiary/aromatic N) is 1. The Bertz CT molecular complexity index is 1730. The number of piperidine rings is 1. The number of benzene rings is 4. The molecule has 4 aromatic carbocycles. The zero-order valence-electron chi connectivity index (χ0n) is 29.0. The summed E-state index contributed by atoms with van der Waals surface area (Å²) in [6.07, 6.45) is 2.93. The fourth-order valence-electron chi connectivity index (χ4n) is 8.33. The second-order valence-electron chi connectivity index (χ2n) is 13.7. The molecule has 260 valence electrons. The molecule has 0 saturated carbocycles. The van der Waals surface area contributed by atoms with Gasteiger partial charge in [-0.2, -0.15) is 0 Å². The van der Waals surface area contributed by atoms with Gasteiger partial charge in [-0.3, -0.25) is 4.79 Å². The second kappa shape index (κ2) is 15.1. The molecule has 0 aromatic heterocycles. The van der Waals surface area contributed by atoms with Crippen molar-refractivity contribution in [2.75, 3.05) is 46.5 Å². The number of amides is 2. The van der Waals surface area contributed by atoms with Crippen molar-refractivity contribution in [3.63, 3.8) is 0 Å². The number of likely N-dealkylation sites (tertiary alicyclic amines) is 1. The third kappa shape index (κ3) is 6.62. The molecule has 2 atom stereocenters. The topological polar surface area (TPSA) is 89.1 Å². The number of fused-ring (bicyclic) bond motifs is 5. The molecular weight excluding hydrogens is 626 g/mol. The van der Waals surface area contributed by atoms with E-state index in [2.05, 4.69) is 54.0 Å². The summed E-state index contributed by atoms with van der Waals surface area (Å²) in [7, 11) is 1.73. The van der Waals surface area contributed by atoms with Crippen molar-refractivity contribution in [2.45, 2.75) is 50.0 Å². The van der Waals surface area contributed by atoms with Crippen LogP contribution in [0, 0.1) is 5.92 Å². The first-order valence-corrected chi connectivity index (χ1v) is 18.0. The number of nitrogens with one attached hydrogen (secondary N) is 2. The summed E-state index contributed by atoms with van der Waals surface area (Å²) in [5.41, 5.74) is 6.41. The van der Waals surface area contributed by atoms with Crippen molar-refractivity contribution in [1.82, 2.24) is 15.5 Å². The first-order valence-electron chi connectivity index (χ1n) is 18.0. The number of rotatable bonds is 12. The molecule has 1 saturated heterocycles. The van der Waals surface area contributed by atoms with Crippen molar-refractivity contribution in [3.05, 3.63) is 119 Å². The van der Waals surface area contributed by atoms with Gasteiger partial charge in [0.05, 0.1) is 5.92 Å². The van der Waals surface area contributed by atoms with Gasteiger partial charge in [-0.25, -0.2) is 4.79 Å². The molecule has 7 rings (SSSR count). The van der Waals surface area contributed by atoms with Gasteiger partial charge < -0.3 is 29.7 Å². The van der Waals surface area contributed by atoms with Crippen LogP contribution in [0.5, 0.6) is 11.5 Å². The Balaban J connectivity index is 1.08. The third-order valence-corrected chi connectivity index (χ3v) is 10.7. The SMILES string of the molecule is CCNC1CC(C(=O)NCC2(CCCCOC)c3ccccc3Oc3ccccc32)CN(C(=O)OCC2c3ccccc3-c3ccccc32)C1. The summed E-state index contributed by atoms with van der Waals surface area (Å²) >= 11 is 0. The monoisotopic (exact) mass is 673 g/mol. The van der Waals surface area contributed by atoms with Crippen molar-refractivity contribution in [1.29, 1.82) is 0 Å². The Labute approximate surface area is 295 Å². The molecule has 8 nitrogen and oxygen atoms in total. The maximum Gasteiger partial charge on any atom is 0.409 e. The fourth-order valence-corrected chi connectivity index (χ4v) is 8.33. The molecule has 4 aromatic rings. The van der Waals surface area contributed by atoms with Crippen LogP contribution in [0.4, 0.5) is 4.79 Å². The van der Waals surface area contributed by atoms with Gasteiger partial charge in [-0.1, -0.05) is 91.9 Å². The average Bonchev–Trinajstić information content (AvgIpc) is 3.48. The number of methoxy groups -OCH3 is 1. The standard InChI is InChI=1S/C42H47N3O5/c1-3-43-30-24-29(25-45(26-30)41(47)49-27-35-33-16-6-4-14-31(33)32-15-5-7-17-34(32)35)40(46)44-28-42(22-12-13-23-48-2)36-18-8-10-20-38(36)50-39-21-11-9-19-37(39)42/h4-11,14-21,29-30,35,43H,3,12-13,22-28H2,1-2H3,(H,44,46). The summed E-state index contributed by atoms with van der Waals surface area (Å²) in [5, 5.41) is 6.87. The van der Waals surface area contributed by atoms with E-state index >= 15 is 0 Å². The second-order valence-corrected chi connectivity index (χ2v) is 13.7. The Morgan fingerprint density at radius 1 is 0.840 bits per heavy atom. The molecule has 1 aliphatic carbocycles. The lowest BCUT2D eigenvalue weighted by Gasteiger charge is -2.41. The van der Waals surface area contributed by atoms with E-state index in [1.165, 1.54) is 22.3 Å². The summed E-state index contributed by atoms with van der Waals surface area (Å²) in [6.45, 7) is 4.95. The van der Waals surface area contributed by atoms with Gasteiger partial charge in [0, 0.05) is 61.9 Å². The molecule has 8 heteroatoms. The lowest BCUT2D eigenvalue weighted by molar-refractivity contribution is -0.127. The van der Waals surface area contributed by atoms with Gasteiger partial charge in [0.1, 0.15) is 18.1 Å². The molecule has 50 heavy (non-hydrogen) atoms. The van der Waals surface area contributed by atoms with E-state index in [1.54, 1.807) is 12.0 Å². The first kappa shape index (κ1) is 33.8. The van der Waals surface area contributed by atoms with Crippen molar-refractivity contribution in [2.24, 2.45) is 5.92 Å². The number of para-hydroxylation sites is 2. The van der Waals surface area contributed by atoms with Gasteiger partial charge in [-0.05, 0) is 66.6 Å². The molecule has 2 amide bonds. The summed E-state index contributed by atoms with van der Waals surface area (Å²) in [4.78, 5) is 29.6. The number of unbranched alkanes of at least 4 members (excludes halogenated alkanes) is 1. The van der Waals surface area contributed by atoms with Crippen LogP contribution in [0.25, 0.3) is 11.1 Å². The van der Waals surface area contributed by atoms with Gasteiger partial charge in [0.15, 0.2) is 0 Å². The molecule has 0 radical (unpaired) electrons. The summed E-state index contributed by atoms with van der Waals surface area (Å²) in [5.74, 6) is 1.17. The lowest BCUT2D eigenvalue weighted by Crippen LogP contribution is -2.55. The Morgan fingerprint density at radius 2 is 1.46 bits per heavy atom. The smallest absolute Gasteiger partial charge is 0.409 e. The zero-order valence-corrected chi connectivity index (χ0v) is 29.0. The van der Waals surface area contributed by atoms with Gasteiger partial charge in [0.2, 0.25) is 5.91 Å². The van der Waals surface area contributed by atoms with Crippen molar-refractivity contribution >= 4 is 12.0 Å². The minimum Gasteiger partial charge on any atom is -0.457 e. The predicted molar refractivity (Wildman–Crippen MR) is 195 cm³/mol. The van der Waals surface area contributed by atoms with E-state index in [0.717, 1.165) is 48.4 Å². The van der Waals surface area contributed by atoms with Crippen LogP contribution in [0.1, 0.15) is 60.8 Å². The molecule has 2 heterocycles. The van der Waals surface area contributed by atoms with E-state index < -0.39 is 5.41 Å². The highest BCUT2D eigenvalue weighted by atomic mass is 16.6. The van der Waals surface area contributed by atoms with Crippen molar-refractivity contribution < 1.29 is 23.8 Å². The molecule has 1 fully saturated rings. The average molecular weight is 674 g/mol. The van der Waals surface area contributed by atoms with Crippen LogP contribution >= 0.6 is 0 Å². The van der Waals surface area contributed by atoms with Gasteiger partial charge >= 0.3 is 6.09 Å². The highest BCUT2D eigenvalue weighted by Crippen LogP contribution is 2.50. The molecule has 0 bridgehead atoms. The van der Waals surface area contributed by atoms with Crippen LogP contribution in [-0.2, 0) is 19.7 Å². The van der Waals surface area contributed by atoms with Gasteiger partial charge in [0.25, 0.3) is 0 Å². The highest BCUT2D eigenvalue weighted by molar-refractivity contribution is 5.81. The van der Waals surface area contributed by atoms with Crippen LogP contribution in [0.15, 0.2) is 97.1 Å². The lowest BCUT2D eigenvalue weighted by atomic mass is 9.69. The molecule has 2 unspecified atom stereocenters. The quantitative estimate of drug-likeness (QED) is 0.154. The number of hydrogen-bond donors (Lipinski definition) is 2. The van der Waals surface area contributed by atoms with Crippen molar-refractivity contribution in [3.8, 4) is 22.6 Å². The van der Waals surface area contributed by atoms with Gasteiger partial charge in [-0.15, -0.1) is 0 Å². The molecule has 3 aliphatic rings. The molecule has 2 N–H and O–H groups in total. The van der Waals surface area contributed by atoms with E-state index in [9.17, 15) is 9.59 Å². The summed E-state index contributed by atoms with van der Waals surface area (Å²) < 4.78 is 17.8. The maximum atomic E-state index is 14.2. The number of likely N-dealkylation sites (N-methyl/N-ethyl adjacent to an activating group) is 1. The maximum absolute atomic E-state index is 14.2. The normalized spacial score (nSPS) is 18.6. The first-order chi connectivity index (χ1) is 24.5. The van der Waals surface area contributed by atoms with E-state index in [1.807, 2.05) is 60.7 Å². The number of carbonyl (C=O) groups is 2. The van der Waals surface area contributed by atoms with Crippen LogP contribution < -0.4 is 15.4 Å². The Morgan fingerprint density at radius 3 is 2.10 bits per heavy atom. The third-order valence-electron chi connectivity index (χ3n) is 10.7. The number of hydrogen-bond acceptors (Lipinski definition) is 6. The summed E-state index contributed by atoms with van der Waals surface area (Å²) in [6, 6.07) is 33.0.